The number of nitrogens with one attached hydrogen (secondary N) is 1. The van der Waals surface area contributed by atoms with Crippen LogP contribution in [0.1, 0.15) is 45.2 Å². The van der Waals surface area contributed by atoms with E-state index in [9.17, 15) is 13.2 Å². The van der Waals surface area contributed by atoms with Gasteiger partial charge in [0.2, 0.25) is 5.91 Å². The number of hydrogen-bond donors (Lipinski definition) is 1. The molecule has 0 spiro atoms. The number of hydrogen-bond acceptors (Lipinski definition) is 7. The molecule has 8 nitrogen and oxygen atoms in total. The molecule has 2 saturated carbocycles. The number of benzene rings is 1. The summed E-state index contributed by atoms with van der Waals surface area (Å²) >= 11 is 0. The Morgan fingerprint density at radius 1 is 1.03 bits per heavy atom. The third-order valence-corrected chi connectivity index (χ3v) is 10.5. The Labute approximate surface area is 223 Å². The van der Waals surface area contributed by atoms with Gasteiger partial charge in [0.05, 0.1) is 40.5 Å². The van der Waals surface area contributed by atoms with E-state index < -0.39 is 9.84 Å². The molecule has 200 valence electrons. The molecule has 2 aromatic heterocycles. The number of sulfone groups is 1. The van der Waals surface area contributed by atoms with Crippen molar-refractivity contribution in [3.63, 3.8) is 0 Å². The largest absolute Gasteiger partial charge is 0.372 e. The average Bonchev–Trinajstić information content (AvgIpc) is 3.71. The van der Waals surface area contributed by atoms with Crippen molar-refractivity contribution in [2.24, 2.45) is 0 Å². The van der Waals surface area contributed by atoms with Crippen LogP contribution in [0.5, 0.6) is 0 Å². The highest BCUT2D eigenvalue weighted by molar-refractivity contribution is 7.93. The van der Waals surface area contributed by atoms with Gasteiger partial charge in [0.1, 0.15) is 5.82 Å². The molecule has 1 aliphatic heterocycles. The zero-order valence-electron chi connectivity index (χ0n) is 21.8. The van der Waals surface area contributed by atoms with Crippen molar-refractivity contribution in [1.29, 1.82) is 0 Å². The lowest BCUT2D eigenvalue weighted by atomic mass is 9.92. The van der Waals surface area contributed by atoms with Crippen molar-refractivity contribution < 1.29 is 17.9 Å². The SMILES string of the molecule is C[C@@H]1CN(c2cccc(-c3ccc4cnc(CC(=O)NC5CC(S(=O)(=O)C6CC6)C5)cc4c3)n2)C[C@H](C)O1. The highest BCUT2D eigenvalue weighted by Gasteiger charge is 2.47. The van der Waals surface area contributed by atoms with E-state index in [1.165, 1.54) is 0 Å². The lowest BCUT2D eigenvalue weighted by Crippen LogP contribution is -2.50. The number of anilines is 1. The van der Waals surface area contributed by atoms with Crippen LogP contribution in [-0.4, -0.2) is 66.1 Å². The maximum absolute atomic E-state index is 12.7. The van der Waals surface area contributed by atoms with Gasteiger partial charge in [0, 0.05) is 36.3 Å². The van der Waals surface area contributed by atoms with Crippen molar-refractivity contribution in [2.75, 3.05) is 18.0 Å². The fourth-order valence-corrected chi connectivity index (χ4v) is 7.97. The average molecular weight is 535 g/mol. The molecule has 1 N–H and O–H groups in total. The van der Waals surface area contributed by atoms with Crippen LogP contribution in [-0.2, 0) is 25.8 Å². The van der Waals surface area contributed by atoms with Crippen LogP contribution >= 0.6 is 0 Å². The summed E-state index contributed by atoms with van der Waals surface area (Å²) in [7, 11) is -3.00. The van der Waals surface area contributed by atoms with E-state index in [0.717, 1.165) is 53.8 Å². The van der Waals surface area contributed by atoms with Crippen LogP contribution < -0.4 is 10.2 Å². The highest BCUT2D eigenvalue weighted by atomic mass is 32.2. The van der Waals surface area contributed by atoms with E-state index in [-0.39, 0.29) is 41.1 Å². The summed E-state index contributed by atoms with van der Waals surface area (Å²) in [5.41, 5.74) is 2.59. The van der Waals surface area contributed by atoms with E-state index in [0.29, 0.717) is 18.5 Å². The zero-order chi connectivity index (χ0) is 26.4. The molecule has 2 aliphatic carbocycles. The van der Waals surface area contributed by atoms with Crippen LogP contribution in [0.2, 0.25) is 0 Å². The first-order valence-corrected chi connectivity index (χ1v) is 15.1. The minimum Gasteiger partial charge on any atom is -0.372 e. The topological polar surface area (TPSA) is 101 Å². The molecule has 0 radical (unpaired) electrons. The number of carbonyl (C=O) groups is 1. The Hall–Kier alpha value is -3.04. The molecule has 9 heteroatoms. The number of morpholine rings is 1. The van der Waals surface area contributed by atoms with Gasteiger partial charge in [-0.25, -0.2) is 13.4 Å². The predicted octanol–water partition coefficient (Wildman–Crippen LogP) is 3.68. The van der Waals surface area contributed by atoms with Crippen molar-refractivity contribution in [3.8, 4) is 11.3 Å². The van der Waals surface area contributed by atoms with Crippen molar-refractivity contribution in [2.45, 2.75) is 74.7 Å². The number of rotatable bonds is 7. The molecular weight excluding hydrogens is 500 g/mol. The molecule has 0 bridgehead atoms. The first-order valence-electron chi connectivity index (χ1n) is 13.5. The summed E-state index contributed by atoms with van der Waals surface area (Å²) in [6.45, 7) is 5.80. The molecule has 3 aromatic rings. The first kappa shape index (κ1) is 25.2. The van der Waals surface area contributed by atoms with Gasteiger partial charge in [-0.1, -0.05) is 18.2 Å². The van der Waals surface area contributed by atoms with Crippen molar-refractivity contribution in [1.82, 2.24) is 15.3 Å². The fourth-order valence-electron chi connectivity index (χ4n) is 5.63. The van der Waals surface area contributed by atoms with E-state index >= 15 is 0 Å². The molecule has 1 saturated heterocycles. The normalized spacial score (nSPS) is 25.7. The number of aromatic nitrogens is 2. The molecule has 1 aromatic carbocycles. The lowest BCUT2D eigenvalue weighted by Gasteiger charge is -2.36. The summed E-state index contributed by atoms with van der Waals surface area (Å²) in [6, 6.07) is 14.2. The van der Waals surface area contributed by atoms with Crippen LogP contribution in [0.15, 0.2) is 48.7 Å². The van der Waals surface area contributed by atoms with Gasteiger partial charge in [-0.2, -0.15) is 0 Å². The zero-order valence-corrected chi connectivity index (χ0v) is 22.7. The summed E-state index contributed by atoms with van der Waals surface area (Å²) in [5, 5.41) is 4.56. The number of ether oxygens (including phenoxy) is 1. The first-order chi connectivity index (χ1) is 18.2. The van der Waals surface area contributed by atoms with Crippen LogP contribution in [0.3, 0.4) is 0 Å². The summed E-state index contributed by atoms with van der Waals surface area (Å²) < 4.78 is 30.6. The predicted molar refractivity (Wildman–Crippen MR) is 148 cm³/mol. The number of pyridine rings is 2. The molecule has 3 aliphatic rings. The molecular formula is C29H34N4O4S. The van der Waals surface area contributed by atoms with Gasteiger partial charge in [0.25, 0.3) is 0 Å². The number of carbonyl (C=O) groups excluding carboxylic acids is 1. The molecule has 38 heavy (non-hydrogen) atoms. The Balaban J connectivity index is 1.13. The van der Waals surface area contributed by atoms with E-state index in [1.54, 1.807) is 6.20 Å². The second-order valence-corrected chi connectivity index (χ2v) is 13.6. The van der Waals surface area contributed by atoms with Gasteiger partial charge in [-0.3, -0.25) is 9.78 Å². The van der Waals surface area contributed by atoms with E-state index in [2.05, 4.69) is 41.2 Å². The summed E-state index contributed by atoms with van der Waals surface area (Å²) in [5.74, 6) is 0.823. The molecule has 3 heterocycles. The maximum Gasteiger partial charge on any atom is 0.226 e. The minimum atomic E-state index is -3.00. The number of nitrogens with zero attached hydrogens (tertiary/aromatic N) is 3. The van der Waals surface area contributed by atoms with Gasteiger partial charge < -0.3 is 15.0 Å². The van der Waals surface area contributed by atoms with Crippen LogP contribution in [0.25, 0.3) is 22.0 Å². The summed E-state index contributed by atoms with van der Waals surface area (Å²) in [4.78, 5) is 24.4. The Bertz CT molecular complexity index is 1460. The Morgan fingerprint density at radius 2 is 1.79 bits per heavy atom. The van der Waals surface area contributed by atoms with Gasteiger partial charge >= 0.3 is 0 Å². The third kappa shape index (κ3) is 5.27. The minimum absolute atomic E-state index is 0.0659. The molecule has 1 amide bonds. The lowest BCUT2D eigenvalue weighted by molar-refractivity contribution is -0.121. The van der Waals surface area contributed by atoms with Gasteiger partial charge in [0.15, 0.2) is 9.84 Å². The van der Waals surface area contributed by atoms with Gasteiger partial charge in [-0.15, -0.1) is 0 Å². The molecule has 2 atom stereocenters. The second kappa shape index (κ2) is 9.93. The molecule has 0 unspecified atom stereocenters. The van der Waals surface area contributed by atoms with E-state index in [4.69, 9.17) is 9.72 Å². The molecule has 6 rings (SSSR count). The van der Waals surface area contributed by atoms with Crippen molar-refractivity contribution in [3.05, 3.63) is 54.4 Å². The van der Waals surface area contributed by atoms with Crippen LogP contribution in [0, 0.1) is 0 Å². The standard InChI is InChI=1S/C29H34N4O4S/c1-18-16-33(17-19(2)37-18)28-5-3-4-27(32-28)20-6-7-21-15-30-23(11-22(21)10-20)14-29(34)31-24-12-26(13-24)38(35,36)25-8-9-25/h3-7,10-11,15,18-19,24-26H,8-9,12-14,16-17H2,1-2H3,(H,31,34)/t18-,19+,24?,26?. The smallest absolute Gasteiger partial charge is 0.226 e. The second-order valence-electron chi connectivity index (χ2n) is 11.1. The van der Waals surface area contributed by atoms with E-state index in [1.807, 2.05) is 30.3 Å². The Morgan fingerprint density at radius 3 is 2.53 bits per heavy atom. The number of fused-ring (bicyclic) bond motifs is 1. The number of amides is 1. The monoisotopic (exact) mass is 534 g/mol. The Kier molecular flexibility index (Phi) is 6.60. The fraction of sp³-hybridized carbons (Fsp3) is 0.483. The maximum atomic E-state index is 12.7. The van der Waals surface area contributed by atoms with Gasteiger partial charge in [-0.05, 0) is 69.2 Å². The van der Waals surface area contributed by atoms with Crippen LogP contribution in [0.4, 0.5) is 5.82 Å². The highest BCUT2D eigenvalue weighted by Crippen LogP contribution is 2.38. The third-order valence-electron chi connectivity index (χ3n) is 7.81. The summed E-state index contributed by atoms with van der Waals surface area (Å²) in [6.07, 6.45) is 4.91. The molecule has 3 fully saturated rings. The quantitative estimate of drug-likeness (QED) is 0.493. The van der Waals surface area contributed by atoms with Crippen molar-refractivity contribution >= 4 is 32.3 Å².